The summed E-state index contributed by atoms with van der Waals surface area (Å²) in [6.07, 6.45) is 2.04. The first kappa shape index (κ1) is 44.8. The van der Waals surface area contributed by atoms with Crippen LogP contribution < -0.4 is 14.5 Å². The zero-order valence-corrected chi connectivity index (χ0v) is 41.5. The second-order valence-electron chi connectivity index (χ2n) is 20.3. The summed E-state index contributed by atoms with van der Waals surface area (Å²) in [4.78, 5) is 9.69. The van der Waals surface area contributed by atoms with Crippen LogP contribution in [0.3, 0.4) is 0 Å². The summed E-state index contributed by atoms with van der Waals surface area (Å²) in [5, 5.41) is 2.22. The van der Waals surface area contributed by atoms with E-state index in [1.54, 1.807) is 0 Å². The number of para-hydroxylation sites is 3. The van der Waals surface area contributed by atoms with Crippen molar-refractivity contribution in [2.24, 2.45) is 0 Å². The van der Waals surface area contributed by atoms with E-state index >= 15 is 0 Å². The topological polar surface area (TPSA) is 33.5 Å². The summed E-state index contributed by atoms with van der Waals surface area (Å²) in [5.41, 5.74) is 14.5. The Hall–Kier alpha value is -6.42. The second kappa shape index (κ2) is 17.1. The van der Waals surface area contributed by atoms with E-state index in [1.165, 1.54) is 33.4 Å². The van der Waals surface area contributed by atoms with E-state index in [4.69, 9.17) is 9.72 Å². The molecule has 2 aromatic heterocycles. The molecule has 0 unspecified atom stereocenters. The fraction of sp³-hybridized carbons (Fsp3) is 0.200. The van der Waals surface area contributed by atoms with Crippen molar-refractivity contribution < 1.29 is 25.8 Å². The van der Waals surface area contributed by atoms with Gasteiger partial charge in [0.25, 0.3) is 0 Å². The Balaban J connectivity index is 0.00000548. The molecule has 0 saturated heterocycles. The van der Waals surface area contributed by atoms with Crippen LogP contribution in [-0.4, -0.2) is 9.55 Å². The Morgan fingerprint density at radius 3 is 1.85 bits per heavy atom. The van der Waals surface area contributed by atoms with E-state index in [2.05, 4.69) is 235 Å². The molecule has 9 aromatic rings. The maximum atomic E-state index is 6.69. The maximum Gasteiger partial charge on any atom is 0.135 e. The third-order valence-electron chi connectivity index (χ3n) is 12.6. The average molecular weight is 1040 g/mol. The largest absolute Gasteiger partial charge is 0.509 e. The summed E-state index contributed by atoms with van der Waals surface area (Å²) < 4.78 is 8.92. The number of nitrogens with zero attached hydrogens (tertiary/aromatic N) is 4. The van der Waals surface area contributed by atoms with Gasteiger partial charge in [-0.05, 0) is 79.8 Å². The van der Waals surface area contributed by atoms with Gasteiger partial charge >= 0.3 is 0 Å². The number of hydrogen-bond acceptors (Lipinski definition) is 4. The molecule has 0 saturated carbocycles. The molecule has 0 spiro atoms. The number of pyridine rings is 1. The average Bonchev–Trinajstić information content (AvgIpc) is 3.84. The Kier molecular flexibility index (Phi) is 11.6. The standard InChI is InChI=1S/C60H55N4O.Pt/c1-58(2,3)42-28-26-41(27-29-42)50-38-61-57(37-51(50)60(7,8)9)64-52-23-14-13-22-48(52)49-33-31-46(36-56(49)64)65-45-21-17-20-44(35-45)62-39-63(54-25-16-15-24-53(54)62)55-34-43(59(4,5)6)30-32-47(55)40-18-11-10-12-19-40;/h10-34,37-39H,1-9H3;/q-3;. The predicted octanol–water partition coefficient (Wildman–Crippen LogP) is 16.2. The van der Waals surface area contributed by atoms with Crippen LogP contribution >= 0.6 is 0 Å². The number of benzene rings is 7. The molecule has 334 valence electrons. The van der Waals surface area contributed by atoms with E-state index in [9.17, 15) is 0 Å². The van der Waals surface area contributed by atoms with Gasteiger partial charge in [-0.1, -0.05) is 165 Å². The van der Waals surface area contributed by atoms with E-state index in [0.717, 1.165) is 55.9 Å². The minimum atomic E-state index is -0.141. The summed E-state index contributed by atoms with van der Waals surface area (Å²) in [6.45, 7) is 22.6. The fourth-order valence-corrected chi connectivity index (χ4v) is 9.05. The molecular weight excluding hydrogens is 988 g/mol. The van der Waals surface area contributed by atoms with Gasteiger partial charge < -0.3 is 19.1 Å². The second-order valence-corrected chi connectivity index (χ2v) is 20.3. The van der Waals surface area contributed by atoms with Crippen LogP contribution in [0.5, 0.6) is 11.5 Å². The van der Waals surface area contributed by atoms with Gasteiger partial charge in [0.05, 0.1) is 0 Å². The number of aromatic nitrogens is 2. The van der Waals surface area contributed by atoms with E-state index in [-0.39, 0.29) is 37.3 Å². The van der Waals surface area contributed by atoms with E-state index < -0.39 is 0 Å². The summed E-state index contributed by atoms with van der Waals surface area (Å²) in [7, 11) is 0. The van der Waals surface area contributed by atoms with Crippen LogP contribution in [0.2, 0.25) is 0 Å². The smallest absolute Gasteiger partial charge is 0.135 e. The molecule has 7 aromatic carbocycles. The Morgan fingerprint density at radius 2 is 1.14 bits per heavy atom. The predicted molar refractivity (Wildman–Crippen MR) is 271 cm³/mol. The van der Waals surface area contributed by atoms with Crippen molar-refractivity contribution in [1.82, 2.24) is 9.55 Å². The molecule has 0 radical (unpaired) electrons. The number of rotatable bonds is 7. The number of anilines is 4. The zero-order valence-electron chi connectivity index (χ0n) is 39.2. The number of ether oxygens (including phenoxy) is 1. The molecule has 0 aliphatic carbocycles. The Labute approximate surface area is 405 Å². The number of hydrogen-bond donors (Lipinski definition) is 0. The summed E-state index contributed by atoms with van der Waals surface area (Å²) in [6, 6.07) is 63.3. The number of fused-ring (bicyclic) bond motifs is 4. The van der Waals surface area contributed by atoms with Crippen molar-refractivity contribution in [3.8, 4) is 39.6 Å². The molecule has 0 N–H and O–H groups in total. The fourth-order valence-electron chi connectivity index (χ4n) is 9.05. The quantitative estimate of drug-likeness (QED) is 0.149. The van der Waals surface area contributed by atoms with Gasteiger partial charge in [0.2, 0.25) is 0 Å². The molecule has 0 fully saturated rings. The Bertz CT molecular complexity index is 3220. The normalized spacial score (nSPS) is 13.0. The van der Waals surface area contributed by atoms with Crippen molar-refractivity contribution in [2.75, 3.05) is 9.80 Å². The third-order valence-corrected chi connectivity index (χ3v) is 12.6. The van der Waals surface area contributed by atoms with Gasteiger partial charge in [-0.3, -0.25) is 0 Å². The summed E-state index contributed by atoms with van der Waals surface area (Å²) >= 11 is 0. The van der Waals surface area contributed by atoms with Gasteiger partial charge in [0.1, 0.15) is 5.82 Å². The van der Waals surface area contributed by atoms with Crippen LogP contribution in [0.4, 0.5) is 22.7 Å². The minimum absolute atomic E-state index is 0. The van der Waals surface area contributed by atoms with E-state index in [1.807, 2.05) is 24.4 Å². The van der Waals surface area contributed by atoms with Gasteiger partial charge in [0, 0.05) is 72.5 Å². The molecule has 10 rings (SSSR count). The van der Waals surface area contributed by atoms with Crippen LogP contribution in [0.25, 0.3) is 49.9 Å². The molecule has 66 heavy (non-hydrogen) atoms. The molecule has 0 amide bonds. The molecule has 3 heterocycles. The molecule has 1 aliphatic rings. The first-order chi connectivity index (χ1) is 31.1. The third kappa shape index (κ3) is 8.35. The van der Waals surface area contributed by atoms with Gasteiger partial charge in [-0.25, -0.2) is 4.98 Å². The first-order valence-electron chi connectivity index (χ1n) is 22.6. The van der Waals surface area contributed by atoms with Crippen LogP contribution in [0.15, 0.2) is 164 Å². The summed E-state index contributed by atoms with van der Waals surface area (Å²) in [5.74, 6) is 2.04. The van der Waals surface area contributed by atoms with E-state index in [0.29, 0.717) is 11.5 Å². The van der Waals surface area contributed by atoms with Crippen molar-refractivity contribution in [3.63, 3.8) is 0 Å². The Morgan fingerprint density at radius 1 is 0.500 bits per heavy atom. The van der Waals surface area contributed by atoms with Crippen molar-refractivity contribution >= 4 is 44.6 Å². The van der Waals surface area contributed by atoms with Crippen LogP contribution in [0.1, 0.15) is 79.0 Å². The molecule has 1 aliphatic heterocycles. The molecule has 5 nitrogen and oxygen atoms in total. The van der Waals surface area contributed by atoms with Crippen molar-refractivity contribution in [2.45, 2.75) is 78.6 Å². The minimum Gasteiger partial charge on any atom is -0.509 e. The first-order valence-corrected chi connectivity index (χ1v) is 22.6. The van der Waals surface area contributed by atoms with Crippen molar-refractivity contribution in [3.05, 3.63) is 199 Å². The molecule has 0 atom stereocenters. The molecular formula is C60H55N4OPt-3. The van der Waals surface area contributed by atoms with Gasteiger partial charge in [0.15, 0.2) is 0 Å². The SMILES string of the molecule is CC(C)(C)c1ccc(-c2cnc(-n3c4[c-]c(Oc5[c-]c(N6[CH-]N(c7cc(C(C)(C)C)ccc7-c7ccccc7)c7ccccc76)ccc5)ccc4c4ccccc43)cc2C(C)(C)C)cc1.[Pt]. The molecule has 6 heteroatoms. The maximum absolute atomic E-state index is 6.69. The van der Waals surface area contributed by atoms with Crippen LogP contribution in [-0.2, 0) is 37.3 Å². The monoisotopic (exact) mass is 1040 g/mol. The zero-order chi connectivity index (χ0) is 45.3. The molecule has 0 bridgehead atoms. The van der Waals surface area contributed by atoms with Gasteiger partial charge in [-0.15, -0.1) is 48.1 Å². The van der Waals surface area contributed by atoms with Crippen molar-refractivity contribution in [1.29, 1.82) is 0 Å². The van der Waals surface area contributed by atoms with Crippen LogP contribution in [0, 0.1) is 18.8 Å². The van der Waals surface area contributed by atoms with Gasteiger partial charge in [-0.2, -0.15) is 12.1 Å².